The van der Waals surface area contributed by atoms with Crippen LogP contribution in [-0.4, -0.2) is 22.9 Å². The summed E-state index contributed by atoms with van der Waals surface area (Å²) in [4.78, 5) is 15.1. The average Bonchev–Trinajstić information content (AvgIpc) is 1.99. The molecule has 1 N–H and O–H groups in total. The fraction of sp³-hybridized carbons (Fsp3) is 0.571. The number of thioether (sulfide) groups is 1. The van der Waals surface area contributed by atoms with Gasteiger partial charge in [-0.15, -0.1) is 0 Å². The lowest BCUT2D eigenvalue weighted by Gasteiger charge is -2.16. The van der Waals surface area contributed by atoms with Crippen LogP contribution in [0.4, 0.5) is 0 Å². The number of aliphatic imine (C=N–C) groups is 1. The first-order valence-electron chi connectivity index (χ1n) is 3.60. The fourth-order valence-corrected chi connectivity index (χ4v) is 1.53. The molecule has 1 rings (SSSR count). The van der Waals surface area contributed by atoms with E-state index in [1.165, 1.54) is 11.8 Å². The number of nitrogens with zero attached hydrogens (tertiary/aromatic N) is 2. The number of rotatable bonds is 1. The van der Waals surface area contributed by atoms with Gasteiger partial charge in [-0.25, -0.2) is 0 Å². The number of carbonyl (C=O) groups excluding carboxylic acids is 1. The van der Waals surface area contributed by atoms with E-state index in [4.69, 9.17) is 5.26 Å². The van der Waals surface area contributed by atoms with Crippen molar-refractivity contribution in [2.24, 2.45) is 4.99 Å². The van der Waals surface area contributed by atoms with Crippen molar-refractivity contribution in [1.29, 1.82) is 5.26 Å². The minimum absolute atomic E-state index is 0.0158. The largest absolute Gasteiger partial charge is 0.305 e. The molecule has 12 heavy (non-hydrogen) atoms. The van der Waals surface area contributed by atoms with Gasteiger partial charge in [0.05, 0.1) is 17.9 Å². The Hall–Kier alpha value is -1.02. The maximum absolute atomic E-state index is 11.0. The molecular formula is C7H9N3OS. The van der Waals surface area contributed by atoms with E-state index in [0.717, 1.165) is 0 Å². The molecule has 0 aliphatic carbocycles. The summed E-state index contributed by atoms with van der Waals surface area (Å²) in [5, 5.41) is 11.5. The second-order valence-corrected chi connectivity index (χ2v) is 3.45. The van der Waals surface area contributed by atoms with Crippen LogP contribution in [0.15, 0.2) is 4.99 Å². The Morgan fingerprint density at radius 2 is 2.67 bits per heavy atom. The highest BCUT2D eigenvalue weighted by Gasteiger charge is 2.16. The van der Waals surface area contributed by atoms with Crippen LogP contribution in [0.3, 0.4) is 0 Å². The Balaban J connectivity index is 2.53. The van der Waals surface area contributed by atoms with Crippen LogP contribution in [0.25, 0.3) is 0 Å². The Bertz CT molecular complexity index is 256. The zero-order chi connectivity index (χ0) is 8.97. The Morgan fingerprint density at radius 3 is 3.25 bits per heavy atom. The van der Waals surface area contributed by atoms with Gasteiger partial charge in [0.1, 0.15) is 0 Å². The van der Waals surface area contributed by atoms with Gasteiger partial charge in [-0.1, -0.05) is 11.8 Å². The summed E-state index contributed by atoms with van der Waals surface area (Å²) in [5.41, 5.74) is 0. The van der Waals surface area contributed by atoms with E-state index >= 15 is 0 Å². The van der Waals surface area contributed by atoms with Crippen LogP contribution >= 0.6 is 11.8 Å². The highest BCUT2D eigenvalue weighted by Crippen LogP contribution is 2.09. The summed E-state index contributed by atoms with van der Waals surface area (Å²) in [6.07, 6.45) is 0.441. The number of carbonyl (C=O) groups is 1. The van der Waals surface area contributed by atoms with Crippen molar-refractivity contribution in [3.05, 3.63) is 0 Å². The van der Waals surface area contributed by atoms with E-state index in [9.17, 15) is 4.79 Å². The molecule has 1 amide bonds. The van der Waals surface area contributed by atoms with Gasteiger partial charge in [0.15, 0.2) is 5.17 Å². The molecule has 5 heteroatoms. The Labute approximate surface area is 75.0 Å². The fourth-order valence-electron chi connectivity index (χ4n) is 0.891. The van der Waals surface area contributed by atoms with Gasteiger partial charge in [-0.2, -0.15) is 5.26 Å². The third-order valence-electron chi connectivity index (χ3n) is 1.34. The molecule has 0 fully saturated rings. The van der Waals surface area contributed by atoms with Crippen molar-refractivity contribution < 1.29 is 4.79 Å². The van der Waals surface area contributed by atoms with Gasteiger partial charge >= 0.3 is 0 Å². The minimum Gasteiger partial charge on any atom is -0.305 e. The van der Waals surface area contributed by atoms with Crippen molar-refractivity contribution in [3.8, 4) is 6.07 Å². The van der Waals surface area contributed by atoms with Crippen LogP contribution in [-0.2, 0) is 4.79 Å². The van der Waals surface area contributed by atoms with Gasteiger partial charge in [0.2, 0.25) is 5.91 Å². The molecule has 64 valence electrons. The lowest BCUT2D eigenvalue weighted by molar-refractivity contribution is -0.120. The zero-order valence-corrected chi connectivity index (χ0v) is 7.52. The third kappa shape index (κ3) is 2.55. The number of amides is 1. The molecule has 0 aromatic heterocycles. The lowest BCUT2D eigenvalue weighted by atomic mass is 10.2. The Kier molecular flexibility index (Phi) is 3.11. The quantitative estimate of drug-likeness (QED) is 0.644. The maximum atomic E-state index is 11.0. The highest BCUT2D eigenvalue weighted by molar-refractivity contribution is 8.14. The molecule has 0 aromatic rings. The number of hydrogen-bond donors (Lipinski definition) is 1. The van der Waals surface area contributed by atoms with E-state index in [2.05, 4.69) is 10.3 Å². The summed E-state index contributed by atoms with van der Waals surface area (Å²) >= 11 is 1.26. The molecule has 4 nitrogen and oxygen atoms in total. The first-order valence-corrected chi connectivity index (χ1v) is 4.58. The molecule has 1 heterocycles. The molecule has 0 saturated carbocycles. The zero-order valence-electron chi connectivity index (χ0n) is 6.70. The lowest BCUT2D eigenvalue weighted by Crippen LogP contribution is -2.35. The molecule has 1 atom stereocenters. The molecule has 0 aromatic carbocycles. The number of amidine groups is 1. The second-order valence-electron chi connectivity index (χ2n) is 2.48. The first kappa shape index (κ1) is 9.07. The normalized spacial score (nSPS) is 22.5. The van der Waals surface area contributed by atoms with E-state index < -0.39 is 0 Å². The van der Waals surface area contributed by atoms with Crippen LogP contribution in [0.2, 0.25) is 0 Å². The van der Waals surface area contributed by atoms with Gasteiger partial charge < -0.3 is 5.32 Å². The monoisotopic (exact) mass is 183 g/mol. The summed E-state index contributed by atoms with van der Waals surface area (Å²) in [5.74, 6) is 0.309. The van der Waals surface area contributed by atoms with Gasteiger partial charge in [0.25, 0.3) is 0 Å². The van der Waals surface area contributed by atoms with Crippen molar-refractivity contribution in [3.63, 3.8) is 0 Å². The van der Waals surface area contributed by atoms with E-state index in [0.29, 0.717) is 17.3 Å². The van der Waals surface area contributed by atoms with Crippen molar-refractivity contribution >= 4 is 22.8 Å². The molecular weight excluding hydrogens is 174 g/mol. The average molecular weight is 183 g/mol. The van der Waals surface area contributed by atoms with Crippen molar-refractivity contribution in [2.45, 2.75) is 19.4 Å². The predicted octanol–water partition coefficient (Wildman–Crippen LogP) is 0.508. The predicted molar refractivity (Wildman–Crippen MR) is 47.7 cm³/mol. The molecule has 0 saturated heterocycles. The summed E-state index contributed by atoms with van der Waals surface area (Å²) in [6, 6.07) is 2.02. The van der Waals surface area contributed by atoms with Crippen LogP contribution < -0.4 is 5.32 Å². The Morgan fingerprint density at radius 1 is 1.92 bits per heavy atom. The SMILES string of the molecule is CC1CC(=O)NC(SCC#N)=N1. The van der Waals surface area contributed by atoms with E-state index in [1.807, 2.05) is 13.0 Å². The van der Waals surface area contributed by atoms with E-state index in [1.54, 1.807) is 0 Å². The van der Waals surface area contributed by atoms with Crippen LogP contribution in [0, 0.1) is 11.3 Å². The van der Waals surface area contributed by atoms with Crippen molar-refractivity contribution in [2.75, 3.05) is 5.75 Å². The van der Waals surface area contributed by atoms with Crippen molar-refractivity contribution in [1.82, 2.24) is 5.32 Å². The topological polar surface area (TPSA) is 65.2 Å². The molecule has 1 aliphatic rings. The molecule has 1 aliphatic heterocycles. The van der Waals surface area contributed by atoms with Crippen LogP contribution in [0.5, 0.6) is 0 Å². The van der Waals surface area contributed by atoms with Gasteiger partial charge in [0, 0.05) is 6.42 Å². The summed E-state index contributed by atoms with van der Waals surface area (Å²) in [7, 11) is 0. The van der Waals surface area contributed by atoms with Crippen LogP contribution in [0.1, 0.15) is 13.3 Å². The molecule has 0 bridgehead atoms. The molecule has 0 radical (unpaired) electrons. The van der Waals surface area contributed by atoms with Gasteiger partial charge in [-0.3, -0.25) is 9.79 Å². The van der Waals surface area contributed by atoms with Gasteiger partial charge in [-0.05, 0) is 6.92 Å². The standard InChI is InChI=1S/C7H9N3OS/c1-5-4-6(11)10-7(9-5)12-3-2-8/h5H,3-4H2,1H3,(H,9,10,11). The maximum Gasteiger partial charge on any atom is 0.228 e. The summed E-state index contributed by atoms with van der Waals surface area (Å²) < 4.78 is 0. The summed E-state index contributed by atoms with van der Waals surface area (Å²) in [6.45, 7) is 1.88. The first-order chi connectivity index (χ1) is 5.72. The third-order valence-corrected chi connectivity index (χ3v) is 2.09. The van der Waals surface area contributed by atoms with E-state index in [-0.39, 0.29) is 11.9 Å². The highest BCUT2D eigenvalue weighted by atomic mass is 32.2. The number of nitriles is 1. The smallest absolute Gasteiger partial charge is 0.228 e. The molecule has 0 spiro atoms. The number of nitrogens with one attached hydrogen (secondary N) is 1. The number of hydrogen-bond acceptors (Lipinski definition) is 4. The molecule has 1 unspecified atom stereocenters. The minimum atomic E-state index is -0.0158. The second kappa shape index (κ2) is 4.12.